The van der Waals surface area contributed by atoms with Gasteiger partial charge in [0.25, 0.3) is 0 Å². The van der Waals surface area contributed by atoms with Crippen LogP contribution >= 0.6 is 0 Å². The molecule has 15 heavy (non-hydrogen) atoms. The summed E-state index contributed by atoms with van der Waals surface area (Å²) in [6, 6.07) is 0. The predicted octanol–water partition coefficient (Wildman–Crippen LogP) is 2.24. The monoisotopic (exact) mass is 213 g/mol. The number of hydrogen-bond acceptors (Lipinski definition) is 3. The smallest absolute Gasteiger partial charge is 0.326 e. The second kappa shape index (κ2) is 4.97. The van der Waals surface area contributed by atoms with Crippen molar-refractivity contribution in [1.82, 2.24) is 0 Å². The maximum Gasteiger partial charge on any atom is 0.326 e. The molecule has 3 atom stereocenters. The Balaban J connectivity index is 2.44. The van der Waals surface area contributed by atoms with Crippen LogP contribution in [0.2, 0.25) is 0 Å². The van der Waals surface area contributed by atoms with Gasteiger partial charge in [0.05, 0.1) is 0 Å². The normalized spacial score (nSPS) is 30.7. The molecule has 1 aliphatic carbocycles. The number of carbonyl (C=O) groups excluding carboxylic acids is 1. The van der Waals surface area contributed by atoms with Gasteiger partial charge in [-0.15, -0.1) is 0 Å². The minimum absolute atomic E-state index is 0.0932. The maximum atomic E-state index is 11.7. The largest absolute Gasteiger partial charge is 0.461 e. The van der Waals surface area contributed by atoms with Gasteiger partial charge in [-0.25, -0.2) is 0 Å². The molecular weight excluding hydrogens is 190 g/mol. The summed E-state index contributed by atoms with van der Waals surface area (Å²) >= 11 is 0. The lowest BCUT2D eigenvalue weighted by Gasteiger charge is -2.30. The second-order valence-electron chi connectivity index (χ2n) is 5.07. The van der Waals surface area contributed by atoms with Crippen LogP contribution in [-0.4, -0.2) is 17.6 Å². The first-order valence-electron chi connectivity index (χ1n) is 5.95. The van der Waals surface area contributed by atoms with E-state index in [0.717, 1.165) is 19.3 Å². The summed E-state index contributed by atoms with van der Waals surface area (Å²) in [5, 5.41) is 0. The van der Waals surface area contributed by atoms with Crippen LogP contribution < -0.4 is 5.73 Å². The van der Waals surface area contributed by atoms with Gasteiger partial charge in [0, 0.05) is 0 Å². The van der Waals surface area contributed by atoms with Crippen LogP contribution in [0.1, 0.15) is 52.9 Å². The molecule has 1 fully saturated rings. The second-order valence-corrected chi connectivity index (χ2v) is 5.07. The molecule has 0 aromatic rings. The fourth-order valence-electron chi connectivity index (χ4n) is 1.92. The van der Waals surface area contributed by atoms with E-state index >= 15 is 0 Å². The molecule has 0 saturated heterocycles. The highest BCUT2D eigenvalue weighted by molar-refractivity contribution is 5.80. The molecular formula is C12H23NO2. The third kappa shape index (κ3) is 3.49. The Morgan fingerprint density at radius 2 is 2.20 bits per heavy atom. The molecule has 2 N–H and O–H groups in total. The van der Waals surface area contributed by atoms with E-state index in [2.05, 4.69) is 6.92 Å². The zero-order chi connectivity index (χ0) is 11.5. The van der Waals surface area contributed by atoms with E-state index in [0.29, 0.717) is 12.3 Å². The van der Waals surface area contributed by atoms with E-state index in [1.165, 1.54) is 6.42 Å². The summed E-state index contributed by atoms with van der Waals surface area (Å²) in [7, 11) is 0. The minimum Gasteiger partial charge on any atom is -0.461 e. The van der Waals surface area contributed by atoms with Crippen LogP contribution in [0.4, 0.5) is 0 Å². The average molecular weight is 213 g/mol. The Morgan fingerprint density at radius 1 is 1.53 bits per heavy atom. The van der Waals surface area contributed by atoms with E-state index in [1.54, 1.807) is 6.92 Å². The van der Waals surface area contributed by atoms with Crippen molar-refractivity contribution < 1.29 is 9.53 Å². The molecule has 0 amide bonds. The third-order valence-corrected chi connectivity index (χ3v) is 3.36. The molecule has 1 rings (SSSR count). The van der Waals surface area contributed by atoms with E-state index in [-0.39, 0.29) is 12.1 Å². The predicted molar refractivity (Wildman–Crippen MR) is 60.4 cm³/mol. The number of nitrogens with two attached hydrogens (primary N) is 1. The first-order valence-corrected chi connectivity index (χ1v) is 5.95. The van der Waals surface area contributed by atoms with Crippen LogP contribution in [0.5, 0.6) is 0 Å². The highest BCUT2D eigenvalue weighted by Gasteiger charge is 2.31. The Bertz CT molecular complexity index is 226. The van der Waals surface area contributed by atoms with Crippen LogP contribution in [0.15, 0.2) is 0 Å². The Morgan fingerprint density at radius 3 is 2.73 bits per heavy atom. The molecule has 3 nitrogen and oxygen atoms in total. The van der Waals surface area contributed by atoms with E-state index in [4.69, 9.17) is 10.5 Å². The molecule has 3 heteroatoms. The van der Waals surface area contributed by atoms with Crippen molar-refractivity contribution in [2.75, 3.05) is 0 Å². The number of rotatable bonds is 3. The molecule has 0 aromatic heterocycles. The molecule has 0 radical (unpaired) electrons. The van der Waals surface area contributed by atoms with Crippen LogP contribution in [0, 0.1) is 5.92 Å². The van der Waals surface area contributed by atoms with Crippen LogP contribution in [0.3, 0.4) is 0 Å². The van der Waals surface area contributed by atoms with Gasteiger partial charge in [-0.3, -0.25) is 4.79 Å². The lowest BCUT2D eigenvalue weighted by molar-refractivity contribution is -0.157. The van der Waals surface area contributed by atoms with E-state index < -0.39 is 5.54 Å². The number of ether oxygens (including phenoxy) is 1. The molecule has 1 aliphatic rings. The van der Waals surface area contributed by atoms with Gasteiger partial charge in [-0.05, 0) is 38.5 Å². The Labute approximate surface area is 92.4 Å². The zero-order valence-electron chi connectivity index (χ0n) is 10.1. The summed E-state index contributed by atoms with van der Waals surface area (Å²) in [5.41, 5.74) is 5.02. The standard InChI is InChI=1S/C12H23NO2/c1-4-12(3,13)11(14)15-10-7-5-6-9(2)8-10/h9-10H,4-8,13H2,1-3H3. The lowest BCUT2D eigenvalue weighted by atomic mass is 9.88. The number of hydrogen-bond donors (Lipinski definition) is 1. The highest BCUT2D eigenvalue weighted by atomic mass is 16.5. The summed E-state index contributed by atoms with van der Waals surface area (Å²) in [5.74, 6) is 0.423. The number of esters is 1. The maximum absolute atomic E-state index is 11.7. The Hall–Kier alpha value is -0.570. The molecule has 0 bridgehead atoms. The first-order chi connectivity index (χ1) is 6.95. The van der Waals surface area contributed by atoms with Gasteiger partial charge in [-0.1, -0.05) is 20.3 Å². The van der Waals surface area contributed by atoms with Crippen molar-refractivity contribution in [3.05, 3.63) is 0 Å². The highest BCUT2D eigenvalue weighted by Crippen LogP contribution is 2.26. The topological polar surface area (TPSA) is 52.3 Å². The molecule has 0 aliphatic heterocycles. The van der Waals surface area contributed by atoms with E-state index in [1.807, 2.05) is 6.92 Å². The zero-order valence-corrected chi connectivity index (χ0v) is 10.1. The minimum atomic E-state index is -0.819. The van der Waals surface area contributed by atoms with E-state index in [9.17, 15) is 4.79 Å². The SMILES string of the molecule is CCC(C)(N)C(=O)OC1CCCC(C)C1. The van der Waals surface area contributed by atoms with Crippen molar-refractivity contribution in [3.63, 3.8) is 0 Å². The van der Waals surface area contributed by atoms with Crippen LogP contribution in [-0.2, 0) is 9.53 Å². The van der Waals surface area contributed by atoms with Crippen molar-refractivity contribution >= 4 is 5.97 Å². The summed E-state index contributed by atoms with van der Waals surface area (Å²) < 4.78 is 5.45. The molecule has 0 spiro atoms. The average Bonchev–Trinajstić information content (AvgIpc) is 2.17. The summed E-state index contributed by atoms with van der Waals surface area (Å²) in [4.78, 5) is 11.7. The van der Waals surface area contributed by atoms with Gasteiger partial charge in [-0.2, -0.15) is 0 Å². The number of carbonyl (C=O) groups is 1. The molecule has 3 unspecified atom stereocenters. The van der Waals surface area contributed by atoms with Gasteiger partial charge in [0.15, 0.2) is 0 Å². The van der Waals surface area contributed by atoms with Gasteiger partial charge in [0.2, 0.25) is 0 Å². The molecule has 88 valence electrons. The summed E-state index contributed by atoms with van der Waals surface area (Å²) in [6.45, 7) is 5.85. The van der Waals surface area contributed by atoms with Gasteiger partial charge >= 0.3 is 5.97 Å². The van der Waals surface area contributed by atoms with Crippen molar-refractivity contribution in [3.8, 4) is 0 Å². The fraction of sp³-hybridized carbons (Fsp3) is 0.917. The Kier molecular flexibility index (Phi) is 4.14. The molecule has 1 saturated carbocycles. The van der Waals surface area contributed by atoms with Crippen molar-refractivity contribution in [1.29, 1.82) is 0 Å². The third-order valence-electron chi connectivity index (χ3n) is 3.36. The first kappa shape index (κ1) is 12.5. The van der Waals surface area contributed by atoms with Crippen LogP contribution in [0.25, 0.3) is 0 Å². The molecule has 0 heterocycles. The van der Waals surface area contributed by atoms with Gasteiger partial charge in [0.1, 0.15) is 11.6 Å². The lowest BCUT2D eigenvalue weighted by Crippen LogP contribution is -2.47. The quantitative estimate of drug-likeness (QED) is 0.731. The summed E-state index contributed by atoms with van der Waals surface area (Å²) in [6.07, 6.45) is 5.11. The molecule has 0 aromatic carbocycles. The van der Waals surface area contributed by atoms with Crippen molar-refractivity contribution in [2.45, 2.75) is 64.5 Å². The van der Waals surface area contributed by atoms with Gasteiger partial charge < -0.3 is 10.5 Å². The fourth-order valence-corrected chi connectivity index (χ4v) is 1.92. The van der Waals surface area contributed by atoms with Crippen molar-refractivity contribution in [2.24, 2.45) is 11.7 Å².